The third-order valence-electron chi connectivity index (χ3n) is 2.36. The molecule has 0 fully saturated rings. The molecule has 1 aromatic rings. The molecular weight excluding hydrogens is 246 g/mol. The first-order valence-corrected chi connectivity index (χ1v) is 6.09. The van der Waals surface area contributed by atoms with Gasteiger partial charge >= 0.3 is 0 Å². The highest BCUT2D eigenvalue weighted by molar-refractivity contribution is 5.81. The standard InChI is InChI=1S/C13H19N3O3/c14-6-7-19-15-9-13(18)16-12(10-17)8-11-4-2-1-3-5-11/h1-5,10,12,15H,6-9,14H2,(H,16,18). The minimum absolute atomic E-state index is 0.0148. The molecule has 1 unspecified atom stereocenters. The van der Waals surface area contributed by atoms with Crippen LogP contribution in [-0.2, 0) is 20.8 Å². The summed E-state index contributed by atoms with van der Waals surface area (Å²) in [5.74, 6) is -0.301. The van der Waals surface area contributed by atoms with Crippen LogP contribution >= 0.6 is 0 Å². The van der Waals surface area contributed by atoms with Gasteiger partial charge in [-0.3, -0.25) is 9.63 Å². The van der Waals surface area contributed by atoms with Gasteiger partial charge in [0.25, 0.3) is 0 Å². The Kier molecular flexibility index (Phi) is 7.41. The molecule has 0 aliphatic heterocycles. The average Bonchev–Trinajstić information content (AvgIpc) is 2.44. The van der Waals surface area contributed by atoms with Crippen molar-refractivity contribution in [1.82, 2.24) is 10.8 Å². The fourth-order valence-electron chi connectivity index (χ4n) is 1.51. The van der Waals surface area contributed by atoms with Crippen LogP contribution in [0.15, 0.2) is 30.3 Å². The highest BCUT2D eigenvalue weighted by atomic mass is 16.6. The molecule has 1 rings (SSSR count). The minimum atomic E-state index is -0.536. The van der Waals surface area contributed by atoms with Crippen molar-refractivity contribution in [3.8, 4) is 0 Å². The van der Waals surface area contributed by atoms with Crippen molar-refractivity contribution in [1.29, 1.82) is 0 Å². The van der Waals surface area contributed by atoms with Crippen LogP contribution in [-0.4, -0.2) is 37.9 Å². The highest BCUT2D eigenvalue weighted by Gasteiger charge is 2.11. The van der Waals surface area contributed by atoms with Gasteiger partial charge in [-0.25, -0.2) is 0 Å². The molecule has 104 valence electrons. The molecule has 1 atom stereocenters. The average molecular weight is 265 g/mol. The van der Waals surface area contributed by atoms with Gasteiger partial charge in [0.1, 0.15) is 6.29 Å². The van der Waals surface area contributed by atoms with Crippen molar-refractivity contribution in [2.24, 2.45) is 5.73 Å². The van der Waals surface area contributed by atoms with Gasteiger partial charge in [-0.05, 0) is 12.0 Å². The molecule has 6 nitrogen and oxygen atoms in total. The van der Waals surface area contributed by atoms with Crippen LogP contribution in [0.3, 0.4) is 0 Å². The Morgan fingerprint density at radius 2 is 2.11 bits per heavy atom. The van der Waals surface area contributed by atoms with Crippen LogP contribution in [0.5, 0.6) is 0 Å². The molecule has 0 aliphatic carbocycles. The Morgan fingerprint density at radius 1 is 1.37 bits per heavy atom. The van der Waals surface area contributed by atoms with E-state index in [9.17, 15) is 9.59 Å². The second kappa shape index (κ2) is 9.21. The number of benzene rings is 1. The number of nitrogens with two attached hydrogens (primary N) is 1. The van der Waals surface area contributed by atoms with Crippen LogP contribution in [0.25, 0.3) is 0 Å². The van der Waals surface area contributed by atoms with Gasteiger partial charge in [0, 0.05) is 6.54 Å². The molecule has 1 amide bonds. The third-order valence-corrected chi connectivity index (χ3v) is 2.36. The molecule has 0 bridgehead atoms. The van der Waals surface area contributed by atoms with Gasteiger partial charge in [-0.2, -0.15) is 5.48 Å². The third kappa shape index (κ3) is 6.66. The van der Waals surface area contributed by atoms with Crippen molar-refractivity contribution in [3.63, 3.8) is 0 Å². The number of nitrogens with one attached hydrogen (secondary N) is 2. The van der Waals surface area contributed by atoms with E-state index in [2.05, 4.69) is 10.8 Å². The van der Waals surface area contributed by atoms with Gasteiger partial charge in [0.05, 0.1) is 19.2 Å². The number of aldehydes is 1. The Labute approximate surface area is 112 Å². The topological polar surface area (TPSA) is 93.4 Å². The van der Waals surface area contributed by atoms with E-state index in [0.717, 1.165) is 11.8 Å². The normalized spacial score (nSPS) is 11.8. The number of rotatable bonds is 9. The summed E-state index contributed by atoms with van der Waals surface area (Å²) in [5.41, 5.74) is 8.69. The summed E-state index contributed by atoms with van der Waals surface area (Å²) in [6, 6.07) is 8.96. The highest BCUT2D eigenvalue weighted by Crippen LogP contribution is 2.01. The van der Waals surface area contributed by atoms with E-state index in [-0.39, 0.29) is 12.5 Å². The van der Waals surface area contributed by atoms with Crippen LogP contribution < -0.4 is 16.5 Å². The molecule has 6 heteroatoms. The summed E-state index contributed by atoms with van der Waals surface area (Å²) in [6.07, 6.45) is 1.20. The molecule has 0 aliphatic rings. The van der Waals surface area contributed by atoms with Crippen LogP contribution in [0.2, 0.25) is 0 Å². The summed E-state index contributed by atoms with van der Waals surface area (Å²) in [5, 5.41) is 2.61. The molecule has 0 radical (unpaired) electrons. The molecule has 0 saturated heterocycles. The number of hydrogen-bond donors (Lipinski definition) is 3. The van der Waals surface area contributed by atoms with Crippen LogP contribution in [0.1, 0.15) is 5.56 Å². The molecule has 0 heterocycles. The Bertz CT molecular complexity index is 384. The van der Waals surface area contributed by atoms with Gasteiger partial charge in [-0.15, -0.1) is 0 Å². The van der Waals surface area contributed by atoms with Gasteiger partial charge in [0.2, 0.25) is 5.91 Å². The molecule has 0 spiro atoms. The lowest BCUT2D eigenvalue weighted by molar-refractivity contribution is -0.125. The zero-order chi connectivity index (χ0) is 13.9. The monoisotopic (exact) mass is 265 g/mol. The Balaban J connectivity index is 2.31. The number of carbonyl (C=O) groups excluding carboxylic acids is 2. The van der Waals surface area contributed by atoms with E-state index in [1.807, 2.05) is 30.3 Å². The molecule has 1 aromatic carbocycles. The number of hydrogen-bond acceptors (Lipinski definition) is 5. The summed E-state index contributed by atoms with van der Waals surface area (Å²) in [7, 11) is 0. The maximum absolute atomic E-state index is 11.5. The Hall–Kier alpha value is -1.76. The minimum Gasteiger partial charge on any atom is -0.345 e. The summed E-state index contributed by atoms with van der Waals surface area (Å²) in [6.45, 7) is 0.688. The van der Waals surface area contributed by atoms with Crippen molar-refractivity contribution in [2.75, 3.05) is 19.7 Å². The predicted molar refractivity (Wildman–Crippen MR) is 71.1 cm³/mol. The number of carbonyl (C=O) groups is 2. The number of hydroxylamine groups is 1. The first kappa shape index (κ1) is 15.3. The van der Waals surface area contributed by atoms with E-state index in [0.29, 0.717) is 19.6 Å². The largest absolute Gasteiger partial charge is 0.345 e. The maximum Gasteiger partial charge on any atom is 0.236 e. The zero-order valence-electron chi connectivity index (χ0n) is 10.7. The van der Waals surface area contributed by atoms with Crippen molar-refractivity contribution in [2.45, 2.75) is 12.5 Å². The molecule has 19 heavy (non-hydrogen) atoms. The summed E-state index contributed by atoms with van der Waals surface area (Å²) >= 11 is 0. The van der Waals surface area contributed by atoms with Gasteiger partial charge in [-0.1, -0.05) is 30.3 Å². The fourth-order valence-corrected chi connectivity index (χ4v) is 1.51. The van der Waals surface area contributed by atoms with Crippen LogP contribution in [0, 0.1) is 0 Å². The van der Waals surface area contributed by atoms with E-state index in [4.69, 9.17) is 10.6 Å². The van der Waals surface area contributed by atoms with E-state index >= 15 is 0 Å². The maximum atomic E-state index is 11.5. The molecule has 4 N–H and O–H groups in total. The molecular formula is C13H19N3O3. The van der Waals surface area contributed by atoms with Crippen molar-refractivity contribution < 1.29 is 14.4 Å². The molecule has 0 aromatic heterocycles. The zero-order valence-corrected chi connectivity index (χ0v) is 10.7. The lowest BCUT2D eigenvalue weighted by atomic mass is 10.1. The van der Waals surface area contributed by atoms with Gasteiger partial charge in [0.15, 0.2) is 0 Å². The molecule has 0 saturated carbocycles. The second-order valence-electron chi connectivity index (χ2n) is 3.96. The van der Waals surface area contributed by atoms with Crippen molar-refractivity contribution >= 4 is 12.2 Å². The lowest BCUT2D eigenvalue weighted by Crippen LogP contribution is -2.42. The summed E-state index contributed by atoms with van der Waals surface area (Å²) < 4.78 is 0. The smallest absolute Gasteiger partial charge is 0.236 e. The Morgan fingerprint density at radius 3 is 2.74 bits per heavy atom. The predicted octanol–water partition coefficient (Wildman–Crippen LogP) is -0.607. The van der Waals surface area contributed by atoms with E-state index < -0.39 is 6.04 Å². The first-order chi connectivity index (χ1) is 9.26. The van der Waals surface area contributed by atoms with Gasteiger partial charge < -0.3 is 15.8 Å². The lowest BCUT2D eigenvalue weighted by Gasteiger charge is -2.13. The van der Waals surface area contributed by atoms with Crippen LogP contribution in [0.4, 0.5) is 0 Å². The van der Waals surface area contributed by atoms with E-state index in [1.165, 1.54) is 0 Å². The first-order valence-electron chi connectivity index (χ1n) is 6.09. The van der Waals surface area contributed by atoms with Crippen molar-refractivity contribution in [3.05, 3.63) is 35.9 Å². The SMILES string of the molecule is NCCONCC(=O)NC(C=O)Cc1ccccc1. The van der Waals surface area contributed by atoms with E-state index in [1.54, 1.807) is 0 Å². The fraction of sp³-hybridized carbons (Fsp3) is 0.385. The summed E-state index contributed by atoms with van der Waals surface area (Å²) in [4.78, 5) is 27.3. The quantitative estimate of drug-likeness (QED) is 0.315. The number of amides is 1. The second-order valence-corrected chi connectivity index (χ2v) is 3.96.